The first-order chi connectivity index (χ1) is 9.52. The van der Waals surface area contributed by atoms with Crippen molar-refractivity contribution in [3.8, 4) is 0 Å². The summed E-state index contributed by atoms with van der Waals surface area (Å²) in [5.41, 5.74) is 1.30. The molecule has 2 aromatic heterocycles. The molecule has 104 valence electrons. The van der Waals surface area contributed by atoms with Crippen molar-refractivity contribution in [2.75, 3.05) is 12.4 Å². The average molecular weight is 312 g/mol. The van der Waals surface area contributed by atoms with Crippen LogP contribution in [0.3, 0.4) is 0 Å². The topological polar surface area (TPSA) is 81.2 Å². The number of carbonyl (C=O) groups is 2. The maximum absolute atomic E-state index is 12.0. The van der Waals surface area contributed by atoms with Gasteiger partial charge in [-0.15, -0.1) is 11.3 Å². The number of halogens is 1. The van der Waals surface area contributed by atoms with Gasteiger partial charge in [0.15, 0.2) is 0 Å². The highest BCUT2D eigenvalue weighted by Crippen LogP contribution is 2.28. The molecule has 1 N–H and O–H groups in total. The highest BCUT2D eigenvalue weighted by Gasteiger charge is 2.19. The number of aromatic nitrogens is 2. The molecule has 0 aliphatic heterocycles. The Labute approximate surface area is 123 Å². The van der Waals surface area contributed by atoms with E-state index < -0.39 is 11.9 Å². The zero-order valence-electron chi connectivity index (χ0n) is 10.6. The maximum atomic E-state index is 12.0. The highest BCUT2D eigenvalue weighted by molar-refractivity contribution is 7.12. The van der Waals surface area contributed by atoms with Crippen molar-refractivity contribution in [3.05, 3.63) is 39.1 Å². The summed E-state index contributed by atoms with van der Waals surface area (Å²) in [5.74, 6) is -0.971. The maximum Gasteiger partial charge on any atom is 0.350 e. The Bertz CT molecular complexity index is 654. The predicted molar refractivity (Wildman–Crippen MR) is 75.4 cm³/mol. The van der Waals surface area contributed by atoms with Gasteiger partial charge in [-0.2, -0.15) is 0 Å². The second kappa shape index (κ2) is 5.98. The number of hydrogen-bond acceptors (Lipinski definition) is 6. The standard InChI is InChI=1S/C12H10ClN3O3S/c1-6-5-20-10(12(18)19-2)9(6)16-11(17)7-3-15-8(13)4-14-7/h3-5H,1-2H3,(H,16,17). The summed E-state index contributed by atoms with van der Waals surface area (Å²) < 4.78 is 4.67. The van der Waals surface area contributed by atoms with Crippen LogP contribution in [0.5, 0.6) is 0 Å². The van der Waals surface area contributed by atoms with E-state index in [0.717, 1.165) is 5.56 Å². The predicted octanol–water partition coefficient (Wildman–Crippen LogP) is 2.54. The third-order valence-electron chi connectivity index (χ3n) is 2.44. The van der Waals surface area contributed by atoms with Crippen LogP contribution in [0.2, 0.25) is 5.15 Å². The van der Waals surface area contributed by atoms with Gasteiger partial charge >= 0.3 is 5.97 Å². The van der Waals surface area contributed by atoms with Crippen LogP contribution in [0, 0.1) is 6.92 Å². The molecular weight excluding hydrogens is 302 g/mol. The largest absolute Gasteiger partial charge is 0.465 e. The van der Waals surface area contributed by atoms with Gasteiger partial charge in [-0.3, -0.25) is 4.79 Å². The Morgan fingerprint density at radius 3 is 2.70 bits per heavy atom. The molecular formula is C12H10ClN3O3S. The number of methoxy groups -OCH3 is 1. The third kappa shape index (κ3) is 2.94. The van der Waals surface area contributed by atoms with Crippen LogP contribution in [-0.2, 0) is 4.74 Å². The van der Waals surface area contributed by atoms with E-state index in [-0.39, 0.29) is 10.8 Å². The molecule has 0 atom stereocenters. The SMILES string of the molecule is COC(=O)c1scc(C)c1NC(=O)c1cnc(Cl)cn1. The van der Waals surface area contributed by atoms with Crippen molar-refractivity contribution in [2.24, 2.45) is 0 Å². The fourth-order valence-electron chi connectivity index (χ4n) is 1.45. The first-order valence-corrected chi connectivity index (χ1v) is 6.74. The number of hydrogen-bond donors (Lipinski definition) is 1. The van der Waals surface area contributed by atoms with Crippen LogP contribution in [0.25, 0.3) is 0 Å². The summed E-state index contributed by atoms with van der Waals surface area (Å²) >= 11 is 6.81. The van der Waals surface area contributed by atoms with Gasteiger partial charge in [0, 0.05) is 0 Å². The Balaban J connectivity index is 2.26. The Morgan fingerprint density at radius 2 is 2.10 bits per heavy atom. The van der Waals surface area contributed by atoms with Gasteiger partial charge < -0.3 is 10.1 Å². The molecule has 0 aromatic carbocycles. The van der Waals surface area contributed by atoms with E-state index in [0.29, 0.717) is 10.6 Å². The zero-order valence-corrected chi connectivity index (χ0v) is 12.2. The fourth-order valence-corrected chi connectivity index (χ4v) is 2.47. The lowest BCUT2D eigenvalue weighted by atomic mass is 10.2. The molecule has 0 fully saturated rings. The van der Waals surface area contributed by atoms with E-state index in [1.165, 1.54) is 30.8 Å². The minimum atomic E-state index is -0.499. The molecule has 2 rings (SSSR count). The summed E-state index contributed by atoms with van der Waals surface area (Å²) in [5, 5.41) is 4.59. The Hall–Kier alpha value is -1.99. The summed E-state index contributed by atoms with van der Waals surface area (Å²) in [4.78, 5) is 31.6. The molecule has 1 amide bonds. The van der Waals surface area contributed by atoms with Crippen molar-refractivity contribution in [1.29, 1.82) is 0 Å². The highest BCUT2D eigenvalue weighted by atomic mass is 35.5. The first-order valence-electron chi connectivity index (χ1n) is 5.48. The van der Waals surface area contributed by atoms with Crippen LogP contribution in [0.1, 0.15) is 25.7 Å². The van der Waals surface area contributed by atoms with Crippen LogP contribution >= 0.6 is 22.9 Å². The van der Waals surface area contributed by atoms with Crippen molar-refractivity contribution in [1.82, 2.24) is 9.97 Å². The number of rotatable bonds is 3. The lowest BCUT2D eigenvalue weighted by Gasteiger charge is -2.06. The lowest BCUT2D eigenvalue weighted by molar-refractivity contribution is 0.0607. The number of ether oxygens (including phenoxy) is 1. The molecule has 0 saturated heterocycles. The number of amides is 1. The second-order valence-corrected chi connectivity index (χ2v) is 5.06. The normalized spacial score (nSPS) is 10.2. The molecule has 0 aliphatic carbocycles. The fraction of sp³-hybridized carbons (Fsp3) is 0.167. The van der Waals surface area contributed by atoms with Gasteiger partial charge in [-0.1, -0.05) is 11.6 Å². The number of nitrogens with zero attached hydrogens (tertiary/aromatic N) is 2. The summed E-state index contributed by atoms with van der Waals surface area (Å²) in [6, 6.07) is 0. The minimum absolute atomic E-state index is 0.107. The summed E-state index contributed by atoms with van der Waals surface area (Å²) in [6.45, 7) is 1.78. The number of anilines is 1. The molecule has 8 heteroatoms. The number of aryl methyl sites for hydroxylation is 1. The quantitative estimate of drug-likeness (QED) is 0.881. The number of thiophene rings is 1. The van der Waals surface area contributed by atoms with E-state index in [1.54, 1.807) is 12.3 Å². The van der Waals surface area contributed by atoms with Crippen LogP contribution in [0.4, 0.5) is 5.69 Å². The number of carbonyl (C=O) groups excluding carboxylic acids is 2. The first kappa shape index (κ1) is 14.4. The van der Waals surface area contributed by atoms with Crippen molar-refractivity contribution >= 4 is 40.5 Å². The molecule has 2 heterocycles. The number of nitrogens with one attached hydrogen (secondary N) is 1. The molecule has 0 bridgehead atoms. The molecule has 0 radical (unpaired) electrons. The summed E-state index contributed by atoms with van der Waals surface area (Å²) in [7, 11) is 1.29. The molecule has 0 unspecified atom stereocenters. The Kier molecular flexibility index (Phi) is 4.31. The van der Waals surface area contributed by atoms with Crippen molar-refractivity contribution < 1.29 is 14.3 Å². The third-order valence-corrected chi connectivity index (χ3v) is 3.71. The monoisotopic (exact) mass is 311 g/mol. The minimum Gasteiger partial charge on any atom is -0.465 e. The van der Waals surface area contributed by atoms with Gasteiger partial charge in [0.05, 0.1) is 25.2 Å². The van der Waals surface area contributed by atoms with Crippen LogP contribution in [-0.4, -0.2) is 29.0 Å². The van der Waals surface area contributed by atoms with E-state index in [2.05, 4.69) is 20.0 Å². The van der Waals surface area contributed by atoms with E-state index in [4.69, 9.17) is 11.6 Å². The average Bonchev–Trinajstić information content (AvgIpc) is 2.80. The molecule has 2 aromatic rings. The van der Waals surface area contributed by atoms with E-state index in [1.807, 2.05) is 0 Å². The van der Waals surface area contributed by atoms with Gasteiger partial charge in [-0.25, -0.2) is 14.8 Å². The van der Waals surface area contributed by atoms with Crippen LogP contribution in [0.15, 0.2) is 17.8 Å². The zero-order chi connectivity index (χ0) is 14.7. The number of esters is 1. The van der Waals surface area contributed by atoms with E-state index in [9.17, 15) is 9.59 Å². The van der Waals surface area contributed by atoms with Crippen molar-refractivity contribution in [2.45, 2.75) is 6.92 Å². The van der Waals surface area contributed by atoms with Gasteiger partial charge in [0.25, 0.3) is 5.91 Å². The van der Waals surface area contributed by atoms with Crippen LogP contribution < -0.4 is 5.32 Å². The second-order valence-electron chi connectivity index (χ2n) is 3.79. The van der Waals surface area contributed by atoms with Gasteiger partial charge in [0.2, 0.25) is 0 Å². The summed E-state index contributed by atoms with van der Waals surface area (Å²) in [6.07, 6.45) is 2.54. The molecule has 0 spiro atoms. The van der Waals surface area contributed by atoms with Gasteiger partial charge in [0.1, 0.15) is 15.7 Å². The smallest absolute Gasteiger partial charge is 0.350 e. The van der Waals surface area contributed by atoms with Gasteiger partial charge in [-0.05, 0) is 17.9 Å². The molecule has 6 nitrogen and oxygen atoms in total. The molecule has 0 saturated carbocycles. The van der Waals surface area contributed by atoms with E-state index >= 15 is 0 Å². The molecule has 20 heavy (non-hydrogen) atoms. The van der Waals surface area contributed by atoms with Crippen molar-refractivity contribution in [3.63, 3.8) is 0 Å². The molecule has 0 aliphatic rings. The lowest BCUT2D eigenvalue weighted by Crippen LogP contribution is -2.16. The Morgan fingerprint density at radius 1 is 1.35 bits per heavy atom.